The molecule has 12 rings (SSSR count). The Morgan fingerprint density at radius 1 is 0.185 bits per heavy atom. The van der Waals surface area contributed by atoms with Crippen LogP contribution in [-0.4, -0.2) is 14.1 Å². The third-order valence-corrected chi connectivity index (χ3v) is 12.4. The molecule has 0 saturated heterocycles. The van der Waals surface area contributed by atoms with Crippen molar-refractivity contribution in [3.8, 4) is 0 Å². The van der Waals surface area contributed by atoms with Crippen LogP contribution in [0.4, 0.5) is 85.3 Å². The van der Waals surface area contributed by atoms with E-state index in [1.54, 1.807) is 0 Å². The number of benzene rings is 12. The zero-order valence-electron chi connectivity index (χ0n) is 57.0. The van der Waals surface area contributed by atoms with Crippen molar-refractivity contribution in [3.63, 3.8) is 0 Å². The number of para-hydroxylation sites is 3. The molecule has 0 amide bonds. The Labute approximate surface area is 551 Å². The maximum absolute atomic E-state index is 5.85. The Balaban J connectivity index is 0.000000534. The third kappa shape index (κ3) is 28.0. The summed E-state index contributed by atoms with van der Waals surface area (Å²) in [6.45, 7) is 24.0. The number of fused-ring (bicyclic) bond motifs is 3. The molecular formula is C80H106N12. The smallest absolute Gasteiger partial charge is 0.0418 e. The number of rotatable bonds is 8. The van der Waals surface area contributed by atoms with Gasteiger partial charge in [0.05, 0.1) is 0 Å². The van der Waals surface area contributed by atoms with Crippen molar-refractivity contribution in [1.82, 2.24) is 0 Å². The lowest BCUT2D eigenvalue weighted by Gasteiger charge is -2.06. The average Bonchev–Trinajstić information content (AvgIpc) is 1.08. The van der Waals surface area contributed by atoms with Gasteiger partial charge in [0, 0.05) is 132 Å². The van der Waals surface area contributed by atoms with Gasteiger partial charge in [-0.05, 0) is 146 Å². The minimum atomic E-state index is 0.778. The van der Waals surface area contributed by atoms with Gasteiger partial charge in [-0.3, -0.25) is 0 Å². The molecule has 12 nitrogen and oxygen atoms in total. The van der Waals surface area contributed by atoms with Crippen LogP contribution in [0, 0.1) is 0 Å². The van der Waals surface area contributed by atoms with E-state index in [1.807, 2.05) is 352 Å². The molecular weight excluding hydrogens is 1130 g/mol. The number of nitrogens with one attached hydrogen (secondary N) is 5. The quantitative estimate of drug-likeness (QED) is 0.0636. The van der Waals surface area contributed by atoms with Gasteiger partial charge in [-0.1, -0.05) is 210 Å². The van der Waals surface area contributed by atoms with E-state index < -0.39 is 0 Å². The highest BCUT2D eigenvalue weighted by Crippen LogP contribution is 2.29. The first-order valence-electron chi connectivity index (χ1n) is 31.9. The van der Waals surface area contributed by atoms with E-state index in [0.29, 0.717) is 0 Å². The zero-order valence-corrected chi connectivity index (χ0v) is 57.0. The summed E-state index contributed by atoms with van der Waals surface area (Å²) in [6.07, 6.45) is 0. The summed E-state index contributed by atoms with van der Waals surface area (Å²) in [5.41, 5.74) is 54.3. The second-order valence-corrected chi connectivity index (χ2v) is 18.1. The van der Waals surface area contributed by atoms with Crippen LogP contribution < -0.4 is 66.7 Å². The summed E-state index contributed by atoms with van der Waals surface area (Å²) in [5, 5.41) is 22.5. The van der Waals surface area contributed by atoms with Crippen LogP contribution in [0.1, 0.15) is 83.1 Å². The molecule has 0 radical (unpaired) electrons. The Bertz CT molecular complexity index is 3520. The minimum Gasteiger partial charge on any atom is -0.399 e. The van der Waals surface area contributed by atoms with Crippen molar-refractivity contribution in [1.29, 1.82) is 0 Å². The molecule has 0 aliphatic rings. The first kappa shape index (κ1) is 79.0. The van der Waals surface area contributed by atoms with Crippen molar-refractivity contribution in [2.75, 3.05) is 80.8 Å². The Morgan fingerprint density at radius 3 is 0.641 bits per heavy atom. The summed E-state index contributed by atoms with van der Waals surface area (Å²) < 4.78 is 0. The highest BCUT2D eigenvalue weighted by atomic mass is 14.9. The fraction of sp³-hybridized carbons (Fsp3) is 0.175. The Kier molecular flexibility index (Phi) is 41.2. The monoisotopic (exact) mass is 1230 g/mol. The summed E-state index contributed by atoms with van der Waals surface area (Å²) in [5.74, 6) is 0. The second-order valence-electron chi connectivity index (χ2n) is 18.1. The lowest BCUT2D eigenvalue weighted by Crippen LogP contribution is -1.91. The first-order chi connectivity index (χ1) is 45.0. The van der Waals surface area contributed by atoms with E-state index >= 15 is 0 Å². The topological polar surface area (TPSA) is 242 Å². The normalized spacial score (nSPS) is 9.07. The molecule has 0 unspecified atom stereocenters. The van der Waals surface area contributed by atoms with E-state index in [2.05, 4.69) is 44.8 Å². The van der Waals surface area contributed by atoms with Crippen molar-refractivity contribution in [2.45, 2.75) is 83.1 Å². The van der Waals surface area contributed by atoms with Gasteiger partial charge in [-0.15, -0.1) is 0 Å². The Morgan fingerprint density at radius 2 is 0.391 bits per heavy atom. The molecule has 0 saturated carbocycles. The van der Waals surface area contributed by atoms with Crippen LogP contribution in [0.5, 0.6) is 0 Å². The second kappa shape index (κ2) is 48.0. The molecule has 19 N–H and O–H groups in total. The SMILES string of the molecule is CC.CC.CC.CC.CC.CC.CNc1ccc(Nc2ccccc2)cc1.CNc1cccc2c(N)cccc12.Nc1ccc(Nc2ccccc2)cc1.Nc1ccc(Nc2ccccc2)cc1.Nc1cccc2c(N)cccc12.Nc1cccc2c(N)cccc12. The maximum atomic E-state index is 5.85. The molecule has 0 bridgehead atoms. The number of anilines is 15. The average molecular weight is 1240 g/mol. The van der Waals surface area contributed by atoms with E-state index in [9.17, 15) is 0 Å². The van der Waals surface area contributed by atoms with Gasteiger partial charge < -0.3 is 66.7 Å². The Hall–Kier alpha value is -11.0. The van der Waals surface area contributed by atoms with Crippen molar-refractivity contribution < 1.29 is 0 Å². The highest BCUT2D eigenvalue weighted by molar-refractivity contribution is 6.02. The van der Waals surface area contributed by atoms with Gasteiger partial charge in [0.25, 0.3) is 0 Å². The molecule has 0 fully saturated rings. The largest absolute Gasteiger partial charge is 0.399 e. The number of hydrogen-bond donors (Lipinski definition) is 12. The standard InChI is InChI=1S/C13H14N2.2C12H12N2.C11H12N2.2C10H10N2.6C2H6/c1-14-11-7-9-13(10-8-11)15-12-5-3-2-4-6-12;2*13-10-6-8-12(9-7-10)14-11-4-2-1-3-5-11;1-13-11-7-3-4-8-9(11)5-2-6-10(8)12;2*11-9-5-1-3-7-8(9)4-2-6-10(7)12;6*1-2/h2-10,14-15H,1H3;2*1-9,14H,13H2;2-7,13H,12H2,1H3;2*1-6H,11-12H2;6*1-2H3. The highest BCUT2D eigenvalue weighted by Gasteiger charge is 2.02. The van der Waals surface area contributed by atoms with Crippen molar-refractivity contribution in [3.05, 3.63) is 273 Å². The molecule has 0 aromatic heterocycles. The van der Waals surface area contributed by atoms with Gasteiger partial charge in [-0.2, -0.15) is 0 Å². The van der Waals surface area contributed by atoms with Gasteiger partial charge in [0.1, 0.15) is 0 Å². The predicted octanol–water partition coefficient (Wildman–Crippen LogP) is 22.1. The lowest BCUT2D eigenvalue weighted by atomic mass is 10.1. The maximum Gasteiger partial charge on any atom is 0.0418 e. The molecule has 12 heteroatoms. The summed E-state index contributed by atoms with van der Waals surface area (Å²) >= 11 is 0. The minimum absolute atomic E-state index is 0.778. The van der Waals surface area contributed by atoms with E-state index in [4.69, 9.17) is 40.1 Å². The van der Waals surface area contributed by atoms with Crippen LogP contribution >= 0.6 is 0 Å². The van der Waals surface area contributed by atoms with Crippen LogP contribution in [0.15, 0.2) is 273 Å². The molecule has 12 aromatic carbocycles. The van der Waals surface area contributed by atoms with Gasteiger partial charge in [0.2, 0.25) is 0 Å². The van der Waals surface area contributed by atoms with E-state index in [1.165, 1.54) is 5.39 Å². The zero-order chi connectivity index (χ0) is 68.5. The number of nitrogen functional groups attached to an aromatic ring is 7. The van der Waals surface area contributed by atoms with Gasteiger partial charge in [0.15, 0.2) is 0 Å². The van der Waals surface area contributed by atoms with Crippen LogP contribution in [0.3, 0.4) is 0 Å². The fourth-order valence-electron chi connectivity index (χ4n) is 8.19. The molecule has 486 valence electrons. The third-order valence-electron chi connectivity index (χ3n) is 12.4. The number of nitrogens with two attached hydrogens (primary N) is 7. The molecule has 92 heavy (non-hydrogen) atoms. The van der Waals surface area contributed by atoms with Gasteiger partial charge in [-0.25, -0.2) is 0 Å². The fourth-order valence-corrected chi connectivity index (χ4v) is 8.19. The molecule has 12 aromatic rings. The summed E-state index contributed by atoms with van der Waals surface area (Å²) in [7, 11) is 3.83. The molecule has 0 heterocycles. The van der Waals surface area contributed by atoms with E-state index in [-0.39, 0.29) is 0 Å². The lowest BCUT2D eigenvalue weighted by molar-refractivity contribution is 1.49. The summed E-state index contributed by atoms with van der Waals surface area (Å²) in [4.78, 5) is 0. The van der Waals surface area contributed by atoms with Crippen LogP contribution in [-0.2, 0) is 0 Å². The van der Waals surface area contributed by atoms with Crippen LogP contribution in [0.2, 0.25) is 0 Å². The van der Waals surface area contributed by atoms with Crippen LogP contribution in [0.25, 0.3) is 32.3 Å². The molecule has 0 spiro atoms. The number of hydrogen-bond acceptors (Lipinski definition) is 12. The molecule has 0 atom stereocenters. The molecule has 0 aliphatic heterocycles. The molecule has 0 aliphatic carbocycles. The summed E-state index contributed by atoms with van der Waals surface area (Å²) in [6, 6.07) is 88.9. The van der Waals surface area contributed by atoms with Crippen molar-refractivity contribution in [2.24, 2.45) is 0 Å². The van der Waals surface area contributed by atoms with E-state index in [0.717, 1.165) is 112 Å². The van der Waals surface area contributed by atoms with Crippen molar-refractivity contribution >= 4 is 118 Å². The first-order valence-corrected chi connectivity index (χ1v) is 31.9. The van der Waals surface area contributed by atoms with Gasteiger partial charge >= 0.3 is 0 Å². The predicted molar refractivity (Wildman–Crippen MR) is 418 cm³/mol.